The van der Waals surface area contributed by atoms with Crippen LogP contribution in [0.5, 0.6) is 0 Å². The van der Waals surface area contributed by atoms with E-state index in [-0.39, 0.29) is 6.07 Å². The molecule has 0 aliphatic rings. The van der Waals surface area contributed by atoms with Crippen LogP contribution in [0.4, 0.5) is 30.7 Å². The van der Waals surface area contributed by atoms with Crippen LogP contribution < -0.4 is 0 Å². The third-order valence-corrected chi connectivity index (χ3v) is 1.74. The molecule has 1 aromatic carbocycles. The topological polar surface area (TPSA) is 43.4 Å². The molecule has 10 heteroatoms. The number of ether oxygens (including phenoxy) is 1. The third kappa shape index (κ3) is 3.01. The van der Waals surface area contributed by atoms with E-state index in [2.05, 4.69) is 4.74 Å². The maximum atomic E-state index is 13.0. The lowest BCUT2D eigenvalue weighted by molar-refractivity contribution is -0.193. The first-order chi connectivity index (χ1) is 8.55. The summed E-state index contributed by atoms with van der Waals surface area (Å²) in [7, 11) is 0. The largest absolute Gasteiger partial charge is 0.491 e. The number of halogens is 7. The number of carbonyl (C=O) groups excluding carboxylic acids is 2. The lowest BCUT2D eigenvalue weighted by Gasteiger charge is -2.07. The Morgan fingerprint density at radius 1 is 0.947 bits per heavy atom. The SMILES string of the molecule is O=C(OC(=O)C(F)(F)F)c1cc(F)c(F)c(F)c1F. The lowest BCUT2D eigenvalue weighted by Crippen LogP contribution is -2.28. The molecule has 0 aliphatic heterocycles. The Morgan fingerprint density at radius 3 is 1.95 bits per heavy atom. The van der Waals surface area contributed by atoms with Crippen LogP contribution in [0.1, 0.15) is 10.4 Å². The van der Waals surface area contributed by atoms with Crippen molar-refractivity contribution in [2.24, 2.45) is 0 Å². The van der Waals surface area contributed by atoms with Gasteiger partial charge in [-0.25, -0.2) is 27.2 Å². The van der Waals surface area contributed by atoms with Gasteiger partial charge in [0, 0.05) is 0 Å². The molecule has 3 nitrogen and oxygen atoms in total. The Kier molecular flexibility index (Phi) is 3.82. The van der Waals surface area contributed by atoms with Crippen molar-refractivity contribution in [3.8, 4) is 0 Å². The summed E-state index contributed by atoms with van der Waals surface area (Å²) in [6.45, 7) is 0. The van der Waals surface area contributed by atoms with Gasteiger partial charge < -0.3 is 4.74 Å². The Balaban J connectivity index is 3.12. The van der Waals surface area contributed by atoms with Crippen molar-refractivity contribution in [2.45, 2.75) is 6.18 Å². The fourth-order valence-electron chi connectivity index (χ4n) is 0.918. The number of hydrogen-bond acceptors (Lipinski definition) is 3. The van der Waals surface area contributed by atoms with Crippen molar-refractivity contribution >= 4 is 11.9 Å². The van der Waals surface area contributed by atoms with Crippen LogP contribution >= 0.6 is 0 Å². The molecule has 0 atom stereocenters. The van der Waals surface area contributed by atoms with Gasteiger partial charge in [0.15, 0.2) is 23.3 Å². The van der Waals surface area contributed by atoms with E-state index in [4.69, 9.17) is 0 Å². The van der Waals surface area contributed by atoms with Gasteiger partial charge in [0.25, 0.3) is 0 Å². The summed E-state index contributed by atoms with van der Waals surface area (Å²) in [5, 5.41) is 0. The standard InChI is InChI=1S/C9HF7O3/c10-3-1-2(4(11)6(13)5(3)12)7(17)19-8(18)9(14,15)16/h1H. The molecule has 0 bridgehead atoms. The van der Waals surface area contributed by atoms with Crippen LogP contribution in [0.2, 0.25) is 0 Å². The number of hydrogen-bond donors (Lipinski definition) is 0. The average Bonchev–Trinajstić information content (AvgIpc) is 2.29. The molecule has 1 rings (SSSR count). The first-order valence-corrected chi connectivity index (χ1v) is 4.22. The van der Waals surface area contributed by atoms with Crippen molar-refractivity contribution in [1.82, 2.24) is 0 Å². The van der Waals surface area contributed by atoms with Crippen LogP contribution in [-0.4, -0.2) is 18.1 Å². The van der Waals surface area contributed by atoms with Crippen molar-refractivity contribution in [2.75, 3.05) is 0 Å². The second-order valence-electron chi connectivity index (χ2n) is 3.02. The highest BCUT2D eigenvalue weighted by molar-refractivity contribution is 5.98. The zero-order valence-corrected chi connectivity index (χ0v) is 8.45. The van der Waals surface area contributed by atoms with Crippen LogP contribution in [0.15, 0.2) is 6.07 Å². The zero-order chi connectivity index (χ0) is 15.0. The van der Waals surface area contributed by atoms with Gasteiger partial charge in [0.05, 0.1) is 0 Å². The van der Waals surface area contributed by atoms with Crippen LogP contribution in [-0.2, 0) is 9.53 Å². The minimum atomic E-state index is -5.57. The van der Waals surface area contributed by atoms with Crippen molar-refractivity contribution < 1.29 is 45.1 Å². The Bertz CT molecular complexity index is 550. The van der Waals surface area contributed by atoms with Crippen LogP contribution in [0.25, 0.3) is 0 Å². The summed E-state index contributed by atoms with van der Waals surface area (Å²) in [5.74, 6) is -14.3. The average molecular weight is 290 g/mol. The molecule has 104 valence electrons. The fourth-order valence-corrected chi connectivity index (χ4v) is 0.918. The van der Waals surface area contributed by atoms with E-state index in [0.717, 1.165) is 0 Å². The molecule has 0 radical (unpaired) electrons. The molecule has 0 aromatic heterocycles. The van der Waals surface area contributed by atoms with Gasteiger partial charge in [-0.15, -0.1) is 0 Å². The zero-order valence-electron chi connectivity index (χ0n) is 8.45. The molecule has 1 aromatic rings. The second kappa shape index (κ2) is 4.86. The van der Waals surface area contributed by atoms with Crippen molar-refractivity contribution in [3.05, 3.63) is 34.9 Å². The van der Waals surface area contributed by atoms with Crippen LogP contribution in [0, 0.1) is 23.3 Å². The molecule has 0 saturated carbocycles. The minimum Gasteiger partial charge on any atom is -0.383 e. The molecule has 0 fully saturated rings. The Hall–Kier alpha value is -2.13. The summed E-state index contributed by atoms with van der Waals surface area (Å²) in [4.78, 5) is 21.1. The minimum absolute atomic E-state index is 0.236. The van der Waals surface area contributed by atoms with E-state index < -0.39 is 46.9 Å². The summed E-state index contributed by atoms with van der Waals surface area (Å²) in [5.41, 5.74) is -1.69. The monoisotopic (exact) mass is 290 g/mol. The highest BCUT2D eigenvalue weighted by Crippen LogP contribution is 2.21. The predicted molar refractivity (Wildman–Crippen MR) is 42.8 cm³/mol. The Morgan fingerprint density at radius 2 is 1.47 bits per heavy atom. The summed E-state index contributed by atoms with van der Waals surface area (Å²) in [6.07, 6.45) is -5.57. The van der Waals surface area contributed by atoms with E-state index >= 15 is 0 Å². The number of carbonyl (C=O) groups is 2. The van der Waals surface area contributed by atoms with Gasteiger partial charge in [-0.05, 0) is 6.07 Å². The van der Waals surface area contributed by atoms with E-state index in [1.54, 1.807) is 0 Å². The first kappa shape index (κ1) is 14.9. The fraction of sp³-hybridized carbons (Fsp3) is 0.111. The second-order valence-corrected chi connectivity index (χ2v) is 3.02. The van der Waals surface area contributed by atoms with E-state index in [0.29, 0.717) is 0 Å². The highest BCUT2D eigenvalue weighted by atomic mass is 19.4. The highest BCUT2D eigenvalue weighted by Gasteiger charge is 2.43. The predicted octanol–water partition coefficient (Wildman–Crippen LogP) is 2.49. The quantitative estimate of drug-likeness (QED) is 0.262. The molecular formula is C9HF7O3. The van der Waals surface area contributed by atoms with Gasteiger partial charge in [0.1, 0.15) is 5.56 Å². The van der Waals surface area contributed by atoms with Gasteiger partial charge in [-0.2, -0.15) is 13.2 Å². The smallest absolute Gasteiger partial charge is 0.383 e. The van der Waals surface area contributed by atoms with Crippen LogP contribution in [0.3, 0.4) is 0 Å². The van der Waals surface area contributed by atoms with E-state index in [1.165, 1.54) is 0 Å². The number of esters is 2. The maximum Gasteiger partial charge on any atom is 0.491 e. The summed E-state index contributed by atoms with van der Waals surface area (Å²) >= 11 is 0. The number of alkyl halides is 3. The van der Waals surface area contributed by atoms with Gasteiger partial charge >= 0.3 is 18.1 Å². The summed E-state index contributed by atoms with van der Waals surface area (Å²) < 4.78 is 89.1. The number of rotatable bonds is 1. The van der Waals surface area contributed by atoms with Crippen molar-refractivity contribution in [3.63, 3.8) is 0 Å². The molecular weight excluding hydrogens is 289 g/mol. The molecule has 0 heterocycles. The normalized spacial score (nSPS) is 11.3. The molecule has 0 spiro atoms. The Labute approximate surface area is 99.1 Å². The molecule has 0 N–H and O–H groups in total. The summed E-state index contributed by atoms with van der Waals surface area (Å²) in [6, 6.07) is -0.236. The molecule has 19 heavy (non-hydrogen) atoms. The first-order valence-electron chi connectivity index (χ1n) is 4.22. The third-order valence-electron chi connectivity index (χ3n) is 1.74. The molecule has 0 amide bonds. The lowest BCUT2D eigenvalue weighted by atomic mass is 10.2. The number of benzene rings is 1. The molecule has 0 unspecified atom stereocenters. The molecule has 0 aliphatic carbocycles. The van der Waals surface area contributed by atoms with Gasteiger partial charge in [0.2, 0.25) is 0 Å². The van der Waals surface area contributed by atoms with E-state index in [1.807, 2.05) is 0 Å². The van der Waals surface area contributed by atoms with Crippen molar-refractivity contribution in [1.29, 1.82) is 0 Å². The van der Waals surface area contributed by atoms with Gasteiger partial charge in [-0.1, -0.05) is 0 Å². The van der Waals surface area contributed by atoms with E-state index in [9.17, 15) is 40.3 Å². The molecule has 0 saturated heterocycles. The van der Waals surface area contributed by atoms with Gasteiger partial charge in [-0.3, -0.25) is 0 Å². The maximum absolute atomic E-state index is 13.0.